The minimum atomic E-state index is -1.61. The minimum Gasteiger partial charge on any atom is -0.396 e. The highest BCUT2D eigenvalue weighted by atomic mass is 19.1. The van der Waals surface area contributed by atoms with Gasteiger partial charge in [0.25, 0.3) is 0 Å². The molecule has 0 bridgehead atoms. The van der Waals surface area contributed by atoms with Crippen LogP contribution in [0.3, 0.4) is 0 Å². The predicted molar refractivity (Wildman–Crippen MR) is 91.1 cm³/mol. The van der Waals surface area contributed by atoms with E-state index in [9.17, 15) is 19.0 Å². The monoisotopic (exact) mass is 366 g/mol. The summed E-state index contributed by atoms with van der Waals surface area (Å²) in [6, 6.07) is 2.78. The van der Waals surface area contributed by atoms with Crippen molar-refractivity contribution in [1.82, 2.24) is 19.7 Å². The van der Waals surface area contributed by atoms with Gasteiger partial charge in [-0.2, -0.15) is 5.10 Å². The maximum atomic E-state index is 14.5. The van der Waals surface area contributed by atoms with Gasteiger partial charge in [0.2, 0.25) is 0 Å². The Morgan fingerprint density at radius 1 is 1.31 bits per heavy atom. The predicted octanol–water partition coefficient (Wildman–Crippen LogP) is 1.54. The molecule has 1 aromatic carbocycles. The van der Waals surface area contributed by atoms with E-state index in [2.05, 4.69) is 15.0 Å². The Labute approximate surface area is 151 Å². The first kappa shape index (κ1) is 18.9. The highest BCUT2D eigenvalue weighted by Gasteiger charge is 2.42. The van der Waals surface area contributed by atoms with Gasteiger partial charge in [0, 0.05) is 24.3 Å². The van der Waals surface area contributed by atoms with Crippen LogP contribution in [0.2, 0.25) is 0 Å². The normalized spacial score (nSPS) is 20.0. The van der Waals surface area contributed by atoms with Crippen LogP contribution in [0.5, 0.6) is 0 Å². The third-order valence-corrected chi connectivity index (χ3v) is 5.41. The number of likely N-dealkylation sites (tertiary alicyclic amines) is 1. The Hall–Kier alpha value is -1.90. The number of aliphatic hydroxyl groups excluding tert-OH is 1. The third kappa shape index (κ3) is 3.77. The van der Waals surface area contributed by atoms with Crippen molar-refractivity contribution in [3.8, 4) is 0 Å². The third-order valence-electron chi connectivity index (χ3n) is 5.41. The highest BCUT2D eigenvalue weighted by molar-refractivity contribution is 5.27. The lowest BCUT2D eigenvalue weighted by Crippen LogP contribution is -2.54. The van der Waals surface area contributed by atoms with Crippen molar-refractivity contribution >= 4 is 0 Å². The molecule has 1 aliphatic heterocycles. The number of aliphatic hydroxyl groups is 2. The van der Waals surface area contributed by atoms with E-state index in [1.54, 1.807) is 0 Å². The molecule has 0 unspecified atom stereocenters. The van der Waals surface area contributed by atoms with Crippen molar-refractivity contribution in [1.29, 1.82) is 0 Å². The van der Waals surface area contributed by atoms with E-state index in [-0.39, 0.29) is 24.6 Å². The minimum absolute atomic E-state index is 0.00333. The molecule has 0 aliphatic carbocycles. The molecule has 142 valence electrons. The second-order valence-corrected chi connectivity index (χ2v) is 6.98. The number of halogens is 2. The summed E-state index contributed by atoms with van der Waals surface area (Å²) in [5.74, 6) is -1.22. The summed E-state index contributed by atoms with van der Waals surface area (Å²) in [7, 11) is 0. The molecule has 8 heteroatoms. The molecule has 2 atom stereocenters. The molecule has 3 rings (SSSR count). The van der Waals surface area contributed by atoms with Crippen molar-refractivity contribution < 1.29 is 19.0 Å². The van der Waals surface area contributed by atoms with E-state index in [0.717, 1.165) is 25.0 Å². The topological polar surface area (TPSA) is 74.4 Å². The van der Waals surface area contributed by atoms with Gasteiger partial charge in [0.05, 0.1) is 6.54 Å². The zero-order chi connectivity index (χ0) is 18.7. The lowest BCUT2D eigenvalue weighted by atomic mass is 9.84. The molecule has 1 aromatic heterocycles. The van der Waals surface area contributed by atoms with Gasteiger partial charge in [0.1, 0.15) is 29.9 Å². The second kappa shape index (κ2) is 7.77. The van der Waals surface area contributed by atoms with E-state index in [1.165, 1.54) is 23.4 Å². The molecule has 0 amide bonds. The SMILES string of the molecule is C[C@@H](N1CCC(CO)CC1)[C@](O)(Cn1cncn1)c1ccc(F)cc1F. The number of hydrogen-bond acceptors (Lipinski definition) is 5. The molecular formula is C18H24F2N4O2. The molecule has 1 aliphatic rings. The molecule has 0 spiro atoms. The van der Waals surface area contributed by atoms with Gasteiger partial charge in [-0.25, -0.2) is 18.4 Å². The van der Waals surface area contributed by atoms with Gasteiger partial charge < -0.3 is 10.2 Å². The largest absolute Gasteiger partial charge is 0.396 e. The van der Waals surface area contributed by atoms with E-state index in [1.807, 2.05) is 6.92 Å². The molecule has 1 saturated heterocycles. The van der Waals surface area contributed by atoms with Crippen LogP contribution in [0.4, 0.5) is 8.78 Å². The van der Waals surface area contributed by atoms with Crippen LogP contribution in [0.15, 0.2) is 30.9 Å². The lowest BCUT2D eigenvalue weighted by molar-refractivity contribution is -0.0726. The van der Waals surface area contributed by atoms with Gasteiger partial charge in [-0.05, 0) is 44.8 Å². The Kier molecular flexibility index (Phi) is 5.64. The summed E-state index contributed by atoms with van der Waals surface area (Å²) in [4.78, 5) is 5.95. The summed E-state index contributed by atoms with van der Waals surface area (Å²) < 4.78 is 29.3. The van der Waals surface area contributed by atoms with E-state index < -0.39 is 23.3 Å². The summed E-state index contributed by atoms with van der Waals surface area (Å²) in [6.07, 6.45) is 4.42. The number of nitrogens with zero attached hydrogens (tertiary/aromatic N) is 4. The van der Waals surface area contributed by atoms with Gasteiger partial charge in [0.15, 0.2) is 0 Å². The zero-order valence-electron chi connectivity index (χ0n) is 14.7. The Morgan fingerprint density at radius 3 is 2.62 bits per heavy atom. The fourth-order valence-corrected chi connectivity index (χ4v) is 3.67. The van der Waals surface area contributed by atoms with Gasteiger partial charge in [-0.1, -0.05) is 6.07 Å². The molecule has 2 heterocycles. The quantitative estimate of drug-likeness (QED) is 0.811. The molecule has 2 aromatic rings. The smallest absolute Gasteiger partial charge is 0.137 e. The molecule has 0 radical (unpaired) electrons. The summed E-state index contributed by atoms with van der Waals surface area (Å²) in [5, 5.41) is 24.9. The van der Waals surface area contributed by atoms with Crippen molar-refractivity contribution in [3.63, 3.8) is 0 Å². The highest BCUT2D eigenvalue weighted by Crippen LogP contribution is 2.34. The van der Waals surface area contributed by atoms with Gasteiger partial charge in [-0.3, -0.25) is 4.90 Å². The average molecular weight is 366 g/mol. The Morgan fingerprint density at radius 2 is 2.04 bits per heavy atom. The lowest BCUT2D eigenvalue weighted by Gasteiger charge is -2.44. The van der Waals surface area contributed by atoms with Crippen LogP contribution in [0.1, 0.15) is 25.3 Å². The number of piperidine rings is 1. The first-order valence-electron chi connectivity index (χ1n) is 8.79. The second-order valence-electron chi connectivity index (χ2n) is 6.98. The summed E-state index contributed by atoms with van der Waals surface area (Å²) in [6.45, 7) is 3.36. The Balaban J connectivity index is 1.92. The number of hydrogen-bond donors (Lipinski definition) is 2. The Bertz CT molecular complexity index is 720. The van der Waals surface area contributed by atoms with Crippen LogP contribution in [0, 0.1) is 17.6 Å². The average Bonchev–Trinajstić information content (AvgIpc) is 3.13. The van der Waals surface area contributed by atoms with Gasteiger partial charge >= 0.3 is 0 Å². The summed E-state index contributed by atoms with van der Waals surface area (Å²) >= 11 is 0. The molecule has 2 N–H and O–H groups in total. The van der Waals surface area contributed by atoms with Crippen molar-refractivity contribution in [2.75, 3.05) is 19.7 Å². The number of benzene rings is 1. The van der Waals surface area contributed by atoms with E-state index >= 15 is 0 Å². The molecule has 6 nitrogen and oxygen atoms in total. The van der Waals surface area contributed by atoms with Crippen LogP contribution in [-0.4, -0.2) is 55.6 Å². The molecule has 26 heavy (non-hydrogen) atoms. The zero-order valence-corrected chi connectivity index (χ0v) is 14.7. The maximum Gasteiger partial charge on any atom is 0.137 e. The molecular weight excluding hydrogens is 342 g/mol. The number of rotatable bonds is 6. The van der Waals surface area contributed by atoms with Crippen molar-refractivity contribution in [3.05, 3.63) is 48.1 Å². The van der Waals surface area contributed by atoms with Crippen LogP contribution in [0.25, 0.3) is 0 Å². The van der Waals surface area contributed by atoms with Crippen molar-refractivity contribution in [2.24, 2.45) is 5.92 Å². The van der Waals surface area contributed by atoms with Crippen LogP contribution < -0.4 is 0 Å². The van der Waals surface area contributed by atoms with Crippen LogP contribution in [-0.2, 0) is 12.1 Å². The standard InChI is InChI=1S/C18H24F2N4O2/c1-13(23-6-4-14(9-25)5-7-23)18(26,10-24-12-21-11-22-24)16-3-2-15(19)8-17(16)20/h2-3,8,11-14,25-26H,4-7,9-10H2,1H3/t13-,18-/m1/s1. The molecule has 1 fully saturated rings. The first-order valence-corrected chi connectivity index (χ1v) is 8.79. The van der Waals surface area contributed by atoms with Crippen LogP contribution >= 0.6 is 0 Å². The number of aromatic nitrogens is 3. The van der Waals surface area contributed by atoms with Crippen molar-refractivity contribution in [2.45, 2.75) is 38.0 Å². The van der Waals surface area contributed by atoms with E-state index in [0.29, 0.717) is 13.1 Å². The fraction of sp³-hybridized carbons (Fsp3) is 0.556. The first-order chi connectivity index (χ1) is 12.4. The molecule has 0 saturated carbocycles. The summed E-state index contributed by atoms with van der Waals surface area (Å²) in [5.41, 5.74) is -1.58. The fourth-order valence-electron chi connectivity index (χ4n) is 3.67. The van der Waals surface area contributed by atoms with E-state index in [4.69, 9.17) is 0 Å². The van der Waals surface area contributed by atoms with Gasteiger partial charge in [-0.15, -0.1) is 0 Å². The maximum absolute atomic E-state index is 14.5.